The van der Waals surface area contributed by atoms with E-state index >= 15 is 0 Å². The van der Waals surface area contributed by atoms with Crippen molar-refractivity contribution in [2.75, 3.05) is 39.2 Å². The number of unbranched alkanes of at least 4 members (excludes halogenated alkanes) is 2. The van der Waals surface area contributed by atoms with Gasteiger partial charge in [0, 0.05) is 13.1 Å². The van der Waals surface area contributed by atoms with E-state index in [1.807, 2.05) is 6.92 Å². The minimum absolute atomic E-state index is 0.00231. The van der Waals surface area contributed by atoms with Crippen LogP contribution in [0.2, 0.25) is 0 Å². The molecule has 0 aromatic carbocycles. The van der Waals surface area contributed by atoms with Crippen LogP contribution in [0.25, 0.3) is 0 Å². The van der Waals surface area contributed by atoms with Gasteiger partial charge >= 0.3 is 0 Å². The van der Waals surface area contributed by atoms with Crippen LogP contribution in [0.15, 0.2) is 0 Å². The van der Waals surface area contributed by atoms with Crippen LogP contribution in [-0.4, -0.2) is 56.8 Å². The number of nitrogens with zero attached hydrogens (tertiary/aromatic N) is 1. The zero-order valence-corrected chi connectivity index (χ0v) is 16.3. The quantitative estimate of drug-likeness (QED) is 0.262. The Balaban J connectivity index is 0. The van der Waals surface area contributed by atoms with Gasteiger partial charge in [-0.1, -0.05) is 26.7 Å². The molecule has 0 amide bonds. The molecule has 0 saturated heterocycles. The molecule has 0 N–H and O–H groups in total. The van der Waals surface area contributed by atoms with Gasteiger partial charge in [0.25, 0.3) is 0 Å². The molecule has 5 nitrogen and oxygen atoms in total. The van der Waals surface area contributed by atoms with Crippen molar-refractivity contribution in [2.45, 2.75) is 53.4 Å². The molecule has 130 valence electrons. The zero-order valence-electron chi connectivity index (χ0n) is 14.6. The van der Waals surface area contributed by atoms with Gasteiger partial charge in [-0.15, -0.1) is 0 Å². The Morgan fingerprint density at radius 1 is 1.00 bits per heavy atom. The molecule has 0 fully saturated rings. The lowest BCUT2D eigenvalue weighted by molar-refractivity contribution is 0.257. The van der Waals surface area contributed by atoms with Gasteiger partial charge in [-0.05, 0) is 26.7 Å². The summed E-state index contributed by atoms with van der Waals surface area (Å²) in [6.07, 6.45) is 5.59. The summed E-state index contributed by atoms with van der Waals surface area (Å²) in [5.41, 5.74) is 0. The minimum Gasteiger partial charge on any atom is -0.726 e. The molecule has 21 heavy (non-hydrogen) atoms. The van der Waals surface area contributed by atoms with Gasteiger partial charge in [-0.3, -0.25) is 4.18 Å². The maximum absolute atomic E-state index is 9.73. The Kier molecular flexibility index (Phi) is 14.3. The Morgan fingerprint density at radius 2 is 1.48 bits per heavy atom. The van der Waals surface area contributed by atoms with Crippen LogP contribution >= 0.6 is 7.41 Å². The van der Waals surface area contributed by atoms with Crippen molar-refractivity contribution in [3.8, 4) is 0 Å². The maximum Gasteiger partial charge on any atom is 0.217 e. The van der Waals surface area contributed by atoms with E-state index in [2.05, 4.69) is 43.0 Å². The van der Waals surface area contributed by atoms with E-state index in [1.54, 1.807) is 0 Å². The molecule has 0 rings (SSSR count). The third kappa shape index (κ3) is 14.9. The van der Waals surface area contributed by atoms with E-state index in [4.69, 9.17) is 0 Å². The Bertz CT molecular complexity index is 330. The fourth-order valence-electron chi connectivity index (χ4n) is 1.98. The Labute approximate surface area is 132 Å². The molecule has 0 aliphatic rings. The summed E-state index contributed by atoms with van der Waals surface area (Å²) in [6.45, 7) is 16.1. The van der Waals surface area contributed by atoms with Crippen molar-refractivity contribution in [1.29, 1.82) is 0 Å². The van der Waals surface area contributed by atoms with Crippen LogP contribution in [0.1, 0.15) is 53.4 Å². The van der Waals surface area contributed by atoms with E-state index in [1.165, 1.54) is 32.1 Å². The summed E-state index contributed by atoms with van der Waals surface area (Å²) < 4.78 is 35.7. The smallest absolute Gasteiger partial charge is 0.217 e. The summed E-state index contributed by atoms with van der Waals surface area (Å²) >= 11 is 0. The second-order valence-electron chi connectivity index (χ2n) is 5.42. The fraction of sp³-hybridized carbons (Fsp3) is 1.00. The maximum atomic E-state index is 9.73. The first-order valence-corrected chi connectivity index (χ1v) is 12.0. The van der Waals surface area contributed by atoms with E-state index in [0.29, 0.717) is 6.42 Å². The Hall–Kier alpha value is 0.260. The molecular weight excluding hydrogens is 309 g/mol. The molecule has 0 heterocycles. The van der Waals surface area contributed by atoms with Crippen molar-refractivity contribution >= 4 is 17.8 Å². The number of rotatable bonds is 10. The molecule has 0 aliphatic heterocycles. The molecule has 0 aromatic rings. The molecule has 0 spiro atoms. The predicted octanol–water partition coefficient (Wildman–Crippen LogP) is 3.58. The molecule has 0 bridgehead atoms. The highest BCUT2D eigenvalue weighted by molar-refractivity contribution is 7.80. The normalized spacial score (nSPS) is 12.2. The SMILES string of the molecule is CCCCOS(=O)(=O)[O-].CCCC[P+](C)(C)N(CC)CC. The highest BCUT2D eigenvalue weighted by Crippen LogP contribution is 2.55. The first-order valence-electron chi connectivity index (χ1n) is 7.83. The van der Waals surface area contributed by atoms with Crippen molar-refractivity contribution in [2.24, 2.45) is 0 Å². The van der Waals surface area contributed by atoms with Crippen molar-refractivity contribution in [3.05, 3.63) is 0 Å². The summed E-state index contributed by atoms with van der Waals surface area (Å²) in [5, 5.41) is 0. The molecule has 7 heteroatoms. The molecule has 0 aromatic heterocycles. The molecule has 0 aliphatic carbocycles. The van der Waals surface area contributed by atoms with Crippen molar-refractivity contribution in [3.63, 3.8) is 0 Å². The first kappa shape index (κ1) is 23.5. The number of hydrogen-bond acceptors (Lipinski definition) is 5. The third-order valence-electron chi connectivity index (χ3n) is 3.28. The second kappa shape index (κ2) is 12.8. The molecular formula is C14H34NO4PS. The monoisotopic (exact) mass is 343 g/mol. The molecule has 0 saturated carbocycles. The van der Waals surface area contributed by atoms with Gasteiger partial charge in [0.05, 0.1) is 33.5 Å². The summed E-state index contributed by atoms with van der Waals surface area (Å²) in [7, 11) is -5.18. The van der Waals surface area contributed by atoms with Crippen LogP contribution in [0, 0.1) is 0 Å². The lowest BCUT2D eigenvalue weighted by Gasteiger charge is -2.29. The van der Waals surface area contributed by atoms with Gasteiger partial charge in [0.15, 0.2) is 0 Å². The summed E-state index contributed by atoms with van der Waals surface area (Å²) in [4.78, 5) is 0. The summed E-state index contributed by atoms with van der Waals surface area (Å²) in [5.74, 6) is 0. The second-order valence-corrected chi connectivity index (χ2v) is 10.7. The lowest BCUT2D eigenvalue weighted by atomic mass is 10.4. The number of hydrogen-bond donors (Lipinski definition) is 0. The van der Waals surface area contributed by atoms with Gasteiger partial charge < -0.3 is 4.55 Å². The van der Waals surface area contributed by atoms with Crippen LogP contribution in [0.5, 0.6) is 0 Å². The lowest BCUT2D eigenvalue weighted by Crippen LogP contribution is -2.24. The average molecular weight is 343 g/mol. The fourth-order valence-corrected chi connectivity index (χ4v) is 5.21. The largest absolute Gasteiger partial charge is 0.726 e. The average Bonchev–Trinajstić information content (AvgIpc) is 2.37. The van der Waals surface area contributed by atoms with Gasteiger partial charge in [-0.2, -0.15) is 4.67 Å². The minimum atomic E-state index is -4.45. The molecule has 0 radical (unpaired) electrons. The standard InChI is InChI=1S/C10H25NP.C4H10O4S/c1-6-9-10-12(4,5)11(7-2)8-3;1-2-3-4-8-9(5,6)7/h6-10H2,1-5H3;2-4H2,1H3,(H,5,6,7)/q+1;/p-1. The Morgan fingerprint density at radius 3 is 1.81 bits per heavy atom. The van der Waals surface area contributed by atoms with Crippen molar-refractivity contribution in [1.82, 2.24) is 4.67 Å². The van der Waals surface area contributed by atoms with Crippen LogP contribution in [0.4, 0.5) is 0 Å². The zero-order chi connectivity index (χ0) is 16.9. The van der Waals surface area contributed by atoms with Gasteiger partial charge in [0.1, 0.15) is 0 Å². The van der Waals surface area contributed by atoms with E-state index in [9.17, 15) is 13.0 Å². The van der Waals surface area contributed by atoms with Crippen LogP contribution in [0.3, 0.4) is 0 Å². The van der Waals surface area contributed by atoms with E-state index in [-0.39, 0.29) is 6.61 Å². The van der Waals surface area contributed by atoms with E-state index in [0.717, 1.165) is 6.42 Å². The highest BCUT2D eigenvalue weighted by Gasteiger charge is 2.30. The summed E-state index contributed by atoms with van der Waals surface area (Å²) in [6, 6.07) is 0. The first-order chi connectivity index (χ1) is 9.64. The van der Waals surface area contributed by atoms with Crippen LogP contribution in [-0.2, 0) is 14.6 Å². The van der Waals surface area contributed by atoms with E-state index < -0.39 is 17.8 Å². The van der Waals surface area contributed by atoms with Gasteiger partial charge in [-0.25, -0.2) is 8.42 Å². The highest BCUT2D eigenvalue weighted by atomic mass is 32.3. The van der Waals surface area contributed by atoms with Crippen LogP contribution < -0.4 is 0 Å². The molecule has 0 atom stereocenters. The van der Waals surface area contributed by atoms with Gasteiger partial charge in [0.2, 0.25) is 10.4 Å². The third-order valence-corrected chi connectivity index (χ3v) is 7.24. The molecule has 0 unspecified atom stereocenters. The van der Waals surface area contributed by atoms with Crippen molar-refractivity contribution < 1.29 is 17.2 Å². The topological polar surface area (TPSA) is 69.7 Å². The predicted molar refractivity (Wildman–Crippen MR) is 92.0 cm³/mol.